The van der Waals surface area contributed by atoms with Crippen LogP contribution in [0.4, 0.5) is 0 Å². The van der Waals surface area contributed by atoms with Gasteiger partial charge in [-0.05, 0) is 0 Å². The molecule has 0 amide bonds. The van der Waals surface area contributed by atoms with Gasteiger partial charge in [-0.2, -0.15) is 0 Å². The van der Waals surface area contributed by atoms with Crippen molar-refractivity contribution in [3.63, 3.8) is 0 Å². The molecule has 0 aromatic heterocycles. The molecule has 0 unspecified atom stereocenters. The summed E-state index contributed by atoms with van der Waals surface area (Å²) in [6.07, 6.45) is 0. The van der Waals surface area contributed by atoms with Crippen molar-refractivity contribution in [3.8, 4) is 0 Å². The fraction of sp³-hybridized carbons (Fsp3) is 0. The van der Waals surface area contributed by atoms with Crippen LogP contribution in [0.2, 0.25) is 0 Å². The Kier molecular flexibility index (Phi) is 1310000. The molecular weight excluding hydrogens is 564 g/mol. The van der Waals surface area contributed by atoms with E-state index < -0.39 is 0 Å². The SMILES string of the molecule is O.O.O.O.O.O.[Mo].[Mo].[Mo].[NH4+].[NH4+].[NH4+].[NH4+].[NH4+].[NH4+].[OH-].[OH-].[OH-].[OH-].[OH-].[OH-]. The van der Waals surface area contributed by atoms with Crippen LogP contribution in [0.15, 0.2) is 0 Å². The van der Waals surface area contributed by atoms with E-state index in [1.54, 1.807) is 0 Å². The van der Waals surface area contributed by atoms with Crippen molar-refractivity contribution in [3.05, 3.63) is 0 Å². The molecule has 21 heavy (non-hydrogen) atoms. The molecule has 0 rings (SSSR count). The van der Waals surface area contributed by atoms with Crippen LogP contribution in [-0.2, 0) is 63.2 Å². The monoisotopic (exact) mass is 612 g/mol. The van der Waals surface area contributed by atoms with Gasteiger partial charge in [0.05, 0.1) is 0 Å². The van der Waals surface area contributed by atoms with Crippen molar-refractivity contribution in [1.82, 2.24) is 36.9 Å². The van der Waals surface area contributed by atoms with E-state index in [-0.39, 0.29) is 166 Å². The van der Waals surface area contributed by atoms with E-state index in [1.807, 2.05) is 0 Å². The van der Waals surface area contributed by atoms with Gasteiger partial charge in [0, 0.05) is 63.2 Å². The molecule has 0 fully saturated rings. The molecule has 21 heteroatoms. The minimum Gasteiger partial charge on any atom is -0.870 e. The normalized spacial score (nSPS) is 0. The molecule has 0 aromatic carbocycles. The minimum atomic E-state index is 0. The van der Waals surface area contributed by atoms with Crippen LogP contribution in [0.25, 0.3) is 0 Å². The molecule has 18 nitrogen and oxygen atoms in total. The molecule has 0 radical (unpaired) electrons. The molecule has 42 N–H and O–H groups in total. The largest absolute Gasteiger partial charge is 0.870 e. The van der Waals surface area contributed by atoms with Gasteiger partial charge in [0.25, 0.3) is 0 Å². The molecule has 0 aliphatic heterocycles. The van der Waals surface area contributed by atoms with Crippen LogP contribution in [0.5, 0.6) is 0 Å². The van der Waals surface area contributed by atoms with Gasteiger partial charge in [-0.3, -0.25) is 0 Å². The molecule has 162 valence electrons. The second-order valence-electron chi connectivity index (χ2n) is 0. The third kappa shape index (κ3) is 4420. The number of hydrogen-bond donors (Lipinski definition) is 6. The summed E-state index contributed by atoms with van der Waals surface area (Å²) in [6.45, 7) is 0. The average Bonchev–Trinajstić information content (AvgIpc) is 0. The fourth-order valence-electron chi connectivity index (χ4n) is 0. The van der Waals surface area contributed by atoms with Crippen LogP contribution in [-0.4, -0.2) is 65.7 Å². The molecule has 0 bridgehead atoms. The van der Waals surface area contributed by atoms with E-state index in [2.05, 4.69) is 0 Å². The first-order valence-electron chi connectivity index (χ1n) is 0. The summed E-state index contributed by atoms with van der Waals surface area (Å²) >= 11 is 0. The summed E-state index contributed by atoms with van der Waals surface area (Å²) in [5.41, 5.74) is 0. The predicted octanol–water partition coefficient (Wildman–Crippen LogP) is -3.76. The first-order valence-corrected chi connectivity index (χ1v) is 0. The minimum absolute atomic E-state index is 0. The average molecular weight is 606 g/mol. The maximum absolute atomic E-state index is 0. The van der Waals surface area contributed by atoms with Gasteiger partial charge in [0.15, 0.2) is 0 Å². The summed E-state index contributed by atoms with van der Waals surface area (Å²) in [5.74, 6) is 0. The second-order valence-corrected chi connectivity index (χ2v) is 0. The number of hydrogen-bond acceptors (Lipinski definition) is 6. The second kappa shape index (κ2) is 4880. The van der Waals surface area contributed by atoms with E-state index in [0.717, 1.165) is 0 Å². The van der Waals surface area contributed by atoms with Crippen molar-refractivity contribution >= 4 is 0 Å². The molecule has 0 saturated carbocycles. The predicted molar refractivity (Wildman–Crippen MR) is 69.2 cm³/mol. The maximum Gasteiger partial charge on any atom is 0 e. The first kappa shape index (κ1) is 5630. The van der Waals surface area contributed by atoms with Gasteiger partial charge in [0.1, 0.15) is 0 Å². The zero-order valence-corrected chi connectivity index (χ0v) is 18.9. The summed E-state index contributed by atoms with van der Waals surface area (Å²) in [6, 6.07) is 0. The van der Waals surface area contributed by atoms with Crippen molar-refractivity contribution in [1.29, 1.82) is 0 Å². The quantitative estimate of drug-likeness (QED) is 0.150. The standard InChI is InChI=1S/3Mo.6H3N.12H2O/h;;;6*1H3;12*1H2. The summed E-state index contributed by atoms with van der Waals surface area (Å²) in [4.78, 5) is 0. The zero-order chi connectivity index (χ0) is 0. The van der Waals surface area contributed by atoms with Gasteiger partial charge in [0.2, 0.25) is 0 Å². The molecule has 0 aromatic rings. The molecule has 0 spiro atoms. The van der Waals surface area contributed by atoms with Crippen molar-refractivity contribution < 1.29 is 129 Å². The van der Waals surface area contributed by atoms with E-state index in [9.17, 15) is 0 Å². The van der Waals surface area contributed by atoms with Gasteiger partial charge < -0.3 is 103 Å². The fourth-order valence-corrected chi connectivity index (χ4v) is 0. The zero-order valence-electron chi connectivity index (χ0n) is 12.9. The Labute approximate surface area is 165 Å². The number of quaternary nitrogens is 6. The van der Waals surface area contributed by atoms with Gasteiger partial charge in [-0.1, -0.05) is 0 Å². The third-order valence-electron chi connectivity index (χ3n) is 0. The summed E-state index contributed by atoms with van der Waals surface area (Å²) < 4.78 is 0. The van der Waals surface area contributed by atoms with E-state index in [0.29, 0.717) is 0 Å². The number of rotatable bonds is 0. The third-order valence-corrected chi connectivity index (χ3v) is 0. The van der Waals surface area contributed by atoms with Crippen molar-refractivity contribution in [2.45, 2.75) is 0 Å². The molecule has 0 saturated heterocycles. The Morgan fingerprint density at radius 1 is 0.190 bits per heavy atom. The molecule has 0 atom stereocenters. The van der Waals surface area contributed by atoms with E-state index >= 15 is 0 Å². The van der Waals surface area contributed by atoms with E-state index in [1.165, 1.54) is 0 Å². The molecule has 0 heterocycles. The van der Waals surface area contributed by atoms with Crippen LogP contribution in [0.1, 0.15) is 0 Å². The van der Waals surface area contributed by atoms with Crippen LogP contribution in [0, 0.1) is 0 Å². The topological polar surface area (TPSA) is 588 Å². The van der Waals surface area contributed by atoms with Crippen LogP contribution in [0.3, 0.4) is 0 Å². The maximum atomic E-state index is 0. The Morgan fingerprint density at radius 2 is 0.190 bits per heavy atom. The Bertz CT molecular complexity index is 29.0. The van der Waals surface area contributed by atoms with Gasteiger partial charge in [-0.25, -0.2) is 0 Å². The summed E-state index contributed by atoms with van der Waals surface area (Å²) in [5, 5.41) is 0. The Hall–Kier alpha value is 1.34. The Morgan fingerprint density at radius 3 is 0.190 bits per heavy atom. The van der Waals surface area contributed by atoms with Gasteiger partial charge in [-0.15, -0.1) is 0 Å². The van der Waals surface area contributed by atoms with Gasteiger partial charge >= 0.3 is 0 Å². The first-order chi connectivity index (χ1) is 0. The molecular formula is H42Mo3N6O12. The smallest absolute Gasteiger partial charge is 0 e. The molecule has 0 aliphatic rings. The summed E-state index contributed by atoms with van der Waals surface area (Å²) in [7, 11) is 0. The van der Waals surface area contributed by atoms with Crippen LogP contribution < -0.4 is 36.9 Å². The van der Waals surface area contributed by atoms with Crippen molar-refractivity contribution in [2.75, 3.05) is 0 Å². The van der Waals surface area contributed by atoms with E-state index in [4.69, 9.17) is 0 Å². The molecule has 0 aliphatic carbocycles. The van der Waals surface area contributed by atoms with Crippen LogP contribution >= 0.6 is 0 Å². The van der Waals surface area contributed by atoms with Crippen molar-refractivity contribution in [2.24, 2.45) is 0 Å². The Balaban J connectivity index is 0.